The van der Waals surface area contributed by atoms with Gasteiger partial charge in [0, 0.05) is 20.8 Å². The quantitative estimate of drug-likeness (QED) is 0.244. The van der Waals surface area contributed by atoms with Crippen LogP contribution in [-0.2, 0) is 43.7 Å². The van der Waals surface area contributed by atoms with E-state index in [2.05, 4.69) is 0 Å². The maximum absolute atomic E-state index is 12.1. The second kappa shape index (κ2) is 12.9. The van der Waals surface area contributed by atoms with Crippen molar-refractivity contribution in [3.63, 3.8) is 0 Å². The highest BCUT2D eigenvalue weighted by molar-refractivity contribution is 5.68. The summed E-state index contributed by atoms with van der Waals surface area (Å²) < 4.78 is 28.8. The second-order valence-electron chi connectivity index (χ2n) is 9.38. The third-order valence-corrected chi connectivity index (χ3v) is 6.52. The van der Waals surface area contributed by atoms with Gasteiger partial charge >= 0.3 is 17.9 Å². The van der Waals surface area contributed by atoms with E-state index < -0.39 is 54.2 Å². The van der Waals surface area contributed by atoms with Crippen LogP contribution in [0.15, 0.2) is 91.0 Å². The summed E-state index contributed by atoms with van der Waals surface area (Å²) in [5.74, 6) is -2.15. The number of carbonyl (C=O) groups excluding carboxylic acids is 3. The van der Waals surface area contributed by atoms with Crippen LogP contribution in [0.3, 0.4) is 0 Å². The molecule has 0 bridgehead atoms. The standard InChI is InChI=1S/C31H32O9/c1-20(32)37-27-26(40-30(35)29(39-22(3)34)28(27)38-21(2)33)19-36-31(23-13-7-4-8-14-23,24-15-9-5-10-16-24)25-17-11-6-12-18-25/h4-18,26-30,35H,19H2,1-3H3/t26-,27+,28?,29+,30?/m1/s1. The third-order valence-electron chi connectivity index (χ3n) is 6.52. The fourth-order valence-electron chi connectivity index (χ4n) is 4.98. The average molecular weight is 549 g/mol. The number of esters is 3. The summed E-state index contributed by atoms with van der Waals surface area (Å²) in [4.78, 5) is 35.9. The summed E-state index contributed by atoms with van der Waals surface area (Å²) in [6, 6.07) is 28.8. The first-order valence-electron chi connectivity index (χ1n) is 12.9. The van der Waals surface area contributed by atoms with Crippen LogP contribution in [-0.4, -0.2) is 60.3 Å². The topological polar surface area (TPSA) is 118 Å². The highest BCUT2D eigenvalue weighted by Gasteiger charge is 2.52. The molecule has 4 rings (SSSR count). The number of rotatable bonds is 9. The van der Waals surface area contributed by atoms with Crippen molar-refractivity contribution in [1.29, 1.82) is 0 Å². The minimum absolute atomic E-state index is 0.210. The molecule has 40 heavy (non-hydrogen) atoms. The van der Waals surface area contributed by atoms with Crippen LogP contribution in [0.25, 0.3) is 0 Å². The van der Waals surface area contributed by atoms with Gasteiger partial charge in [0.25, 0.3) is 0 Å². The van der Waals surface area contributed by atoms with E-state index in [1.165, 1.54) is 6.92 Å². The molecule has 0 amide bonds. The minimum atomic E-state index is -1.69. The van der Waals surface area contributed by atoms with Gasteiger partial charge in [-0.2, -0.15) is 0 Å². The summed E-state index contributed by atoms with van der Waals surface area (Å²) in [7, 11) is 0. The molecule has 1 heterocycles. The Balaban J connectivity index is 1.79. The Hall–Kier alpha value is -4.05. The van der Waals surface area contributed by atoms with Crippen molar-refractivity contribution in [3.05, 3.63) is 108 Å². The summed E-state index contributed by atoms with van der Waals surface area (Å²) >= 11 is 0. The number of aliphatic hydroxyl groups excluding tert-OH is 1. The number of aliphatic hydroxyl groups is 1. The molecule has 0 spiro atoms. The molecule has 9 heteroatoms. The number of hydrogen-bond acceptors (Lipinski definition) is 9. The third kappa shape index (κ3) is 6.39. The highest BCUT2D eigenvalue weighted by Crippen LogP contribution is 2.41. The van der Waals surface area contributed by atoms with Crippen molar-refractivity contribution in [2.75, 3.05) is 6.61 Å². The Morgan fingerprint density at radius 3 is 1.43 bits per heavy atom. The highest BCUT2D eigenvalue weighted by atomic mass is 16.7. The van der Waals surface area contributed by atoms with Crippen molar-refractivity contribution >= 4 is 17.9 Å². The minimum Gasteiger partial charge on any atom is -0.456 e. The zero-order chi connectivity index (χ0) is 28.7. The van der Waals surface area contributed by atoms with Crippen molar-refractivity contribution in [3.8, 4) is 0 Å². The molecule has 210 valence electrons. The van der Waals surface area contributed by atoms with Crippen LogP contribution in [0, 0.1) is 0 Å². The smallest absolute Gasteiger partial charge is 0.303 e. The van der Waals surface area contributed by atoms with Gasteiger partial charge in [-0.3, -0.25) is 14.4 Å². The maximum atomic E-state index is 12.1. The van der Waals surface area contributed by atoms with Crippen LogP contribution in [0.2, 0.25) is 0 Å². The molecule has 0 aromatic heterocycles. The zero-order valence-corrected chi connectivity index (χ0v) is 22.5. The van der Waals surface area contributed by atoms with Gasteiger partial charge in [-0.1, -0.05) is 91.0 Å². The van der Waals surface area contributed by atoms with Crippen LogP contribution in [0.4, 0.5) is 0 Å². The van der Waals surface area contributed by atoms with Gasteiger partial charge in [-0.05, 0) is 16.7 Å². The fourth-order valence-corrected chi connectivity index (χ4v) is 4.98. The van der Waals surface area contributed by atoms with E-state index in [-0.39, 0.29) is 6.61 Å². The molecule has 1 fully saturated rings. The SMILES string of the molecule is CC(=O)OC1[C@H](OC(C)=O)C(O)O[C@H](COC(c2ccccc2)(c2ccccc2)c2ccccc2)[C@@H]1OC(C)=O. The number of ether oxygens (including phenoxy) is 5. The molecular weight excluding hydrogens is 516 g/mol. The largest absolute Gasteiger partial charge is 0.456 e. The Kier molecular flexibility index (Phi) is 9.31. The monoisotopic (exact) mass is 548 g/mol. The van der Waals surface area contributed by atoms with E-state index in [0.29, 0.717) is 0 Å². The lowest BCUT2D eigenvalue weighted by atomic mass is 9.80. The van der Waals surface area contributed by atoms with Crippen LogP contribution < -0.4 is 0 Å². The molecule has 0 aliphatic carbocycles. The number of hydrogen-bond donors (Lipinski definition) is 1. The maximum Gasteiger partial charge on any atom is 0.303 e. The molecule has 1 N–H and O–H groups in total. The average Bonchev–Trinajstić information content (AvgIpc) is 2.94. The Morgan fingerprint density at radius 2 is 1.02 bits per heavy atom. The summed E-state index contributed by atoms with van der Waals surface area (Å²) in [6.45, 7) is 3.28. The molecule has 1 aliphatic heterocycles. The molecule has 3 aromatic rings. The van der Waals surface area contributed by atoms with E-state index in [1.54, 1.807) is 0 Å². The summed E-state index contributed by atoms with van der Waals surface area (Å²) in [5, 5.41) is 10.8. The van der Waals surface area contributed by atoms with Gasteiger partial charge in [-0.15, -0.1) is 0 Å². The Morgan fingerprint density at radius 1 is 0.650 bits per heavy atom. The second-order valence-corrected chi connectivity index (χ2v) is 9.38. The van der Waals surface area contributed by atoms with Gasteiger partial charge in [0.15, 0.2) is 24.6 Å². The van der Waals surface area contributed by atoms with Gasteiger partial charge in [-0.25, -0.2) is 0 Å². The number of benzene rings is 3. The van der Waals surface area contributed by atoms with Crippen LogP contribution in [0.5, 0.6) is 0 Å². The summed E-state index contributed by atoms with van der Waals surface area (Å²) in [6.07, 6.45) is -6.82. The molecule has 3 aromatic carbocycles. The first kappa shape index (κ1) is 28.9. The number of carbonyl (C=O) groups is 3. The van der Waals surface area contributed by atoms with Gasteiger partial charge < -0.3 is 28.8 Å². The Labute approximate surface area is 232 Å². The van der Waals surface area contributed by atoms with E-state index in [9.17, 15) is 19.5 Å². The van der Waals surface area contributed by atoms with Gasteiger partial charge in [0.05, 0.1) is 6.61 Å². The lowest BCUT2D eigenvalue weighted by Crippen LogP contribution is -2.62. The van der Waals surface area contributed by atoms with Crippen LogP contribution in [0.1, 0.15) is 37.5 Å². The Bertz CT molecular complexity index is 1180. The van der Waals surface area contributed by atoms with Crippen molar-refractivity contribution < 1.29 is 43.2 Å². The lowest BCUT2D eigenvalue weighted by Gasteiger charge is -2.44. The molecule has 5 atom stereocenters. The molecular formula is C31H32O9. The predicted molar refractivity (Wildman–Crippen MR) is 143 cm³/mol. The molecule has 1 saturated heterocycles. The van der Waals surface area contributed by atoms with E-state index in [1.807, 2.05) is 91.0 Å². The van der Waals surface area contributed by atoms with E-state index >= 15 is 0 Å². The fraction of sp³-hybridized carbons (Fsp3) is 0.323. The van der Waals surface area contributed by atoms with E-state index in [0.717, 1.165) is 30.5 Å². The summed E-state index contributed by atoms with van der Waals surface area (Å²) in [5.41, 5.74) is 1.33. The van der Waals surface area contributed by atoms with Crippen molar-refractivity contribution in [2.45, 2.75) is 57.1 Å². The van der Waals surface area contributed by atoms with Gasteiger partial charge in [0.1, 0.15) is 11.7 Å². The molecule has 1 aliphatic rings. The zero-order valence-electron chi connectivity index (χ0n) is 22.5. The molecule has 2 unspecified atom stereocenters. The molecule has 0 radical (unpaired) electrons. The molecule has 9 nitrogen and oxygen atoms in total. The van der Waals surface area contributed by atoms with E-state index in [4.69, 9.17) is 23.7 Å². The molecule has 0 saturated carbocycles. The predicted octanol–water partition coefficient (Wildman–Crippen LogP) is 3.51. The lowest BCUT2D eigenvalue weighted by molar-refractivity contribution is -0.299. The first-order chi connectivity index (χ1) is 19.2. The first-order valence-corrected chi connectivity index (χ1v) is 12.9. The van der Waals surface area contributed by atoms with Crippen molar-refractivity contribution in [1.82, 2.24) is 0 Å². The normalized spacial score (nSPS) is 22.6. The van der Waals surface area contributed by atoms with Gasteiger partial charge in [0.2, 0.25) is 0 Å². The van der Waals surface area contributed by atoms with Crippen molar-refractivity contribution in [2.24, 2.45) is 0 Å². The van der Waals surface area contributed by atoms with Crippen LogP contribution >= 0.6 is 0 Å².